The van der Waals surface area contributed by atoms with Crippen molar-refractivity contribution in [3.63, 3.8) is 0 Å². The van der Waals surface area contributed by atoms with Gasteiger partial charge in [0.2, 0.25) is 0 Å². The Bertz CT molecular complexity index is 773. The van der Waals surface area contributed by atoms with Crippen LogP contribution in [0.15, 0.2) is 11.6 Å². The molecule has 7 atom stereocenters. The van der Waals surface area contributed by atoms with Gasteiger partial charge in [0, 0.05) is 18.8 Å². The number of ketones is 2. The molecule has 5 heteroatoms. The van der Waals surface area contributed by atoms with Crippen LogP contribution in [-0.2, 0) is 19.1 Å². The Labute approximate surface area is 166 Å². The van der Waals surface area contributed by atoms with Crippen molar-refractivity contribution in [2.75, 3.05) is 0 Å². The molecule has 0 radical (unpaired) electrons. The van der Waals surface area contributed by atoms with E-state index in [0.29, 0.717) is 37.2 Å². The number of carbonyl (C=O) groups is 3. The maximum absolute atomic E-state index is 15.3. The highest BCUT2D eigenvalue weighted by Gasteiger charge is 2.68. The van der Waals surface area contributed by atoms with Crippen molar-refractivity contribution in [3.05, 3.63) is 11.6 Å². The van der Waals surface area contributed by atoms with Gasteiger partial charge in [-0.2, -0.15) is 0 Å². The zero-order valence-electron chi connectivity index (χ0n) is 17.3. The second kappa shape index (κ2) is 6.24. The molecular formula is C23H31FO4. The van der Waals surface area contributed by atoms with Gasteiger partial charge >= 0.3 is 5.97 Å². The normalized spacial score (nSPS) is 47.5. The van der Waals surface area contributed by atoms with Crippen molar-refractivity contribution in [3.8, 4) is 0 Å². The molecule has 4 rings (SSSR count). The summed E-state index contributed by atoms with van der Waals surface area (Å²) in [4.78, 5) is 36.5. The highest BCUT2D eigenvalue weighted by Crippen LogP contribution is 2.68. The van der Waals surface area contributed by atoms with E-state index in [2.05, 4.69) is 13.8 Å². The first-order chi connectivity index (χ1) is 13.0. The summed E-state index contributed by atoms with van der Waals surface area (Å²) in [6, 6.07) is 0. The highest BCUT2D eigenvalue weighted by atomic mass is 19.1. The summed E-state index contributed by atoms with van der Waals surface area (Å²) in [7, 11) is 0. The molecule has 0 amide bonds. The lowest BCUT2D eigenvalue weighted by molar-refractivity contribution is -0.188. The maximum Gasteiger partial charge on any atom is 0.303 e. The molecule has 0 saturated heterocycles. The van der Waals surface area contributed by atoms with Crippen LogP contribution in [0, 0.1) is 28.6 Å². The molecule has 4 aliphatic rings. The van der Waals surface area contributed by atoms with Gasteiger partial charge in [-0.15, -0.1) is 0 Å². The number of Topliss-reactive ketones (excluding diaryl/α,β-unsaturated/α-hetero) is 1. The zero-order chi connectivity index (χ0) is 20.5. The number of halogens is 1. The monoisotopic (exact) mass is 390 g/mol. The average molecular weight is 390 g/mol. The predicted molar refractivity (Wildman–Crippen MR) is 102 cm³/mol. The lowest BCUT2D eigenvalue weighted by atomic mass is 9.46. The van der Waals surface area contributed by atoms with Crippen molar-refractivity contribution < 1.29 is 23.5 Å². The Balaban J connectivity index is 1.73. The molecule has 0 aromatic carbocycles. The second-order valence-corrected chi connectivity index (χ2v) is 10.0. The zero-order valence-corrected chi connectivity index (χ0v) is 17.3. The van der Waals surface area contributed by atoms with Crippen molar-refractivity contribution in [2.24, 2.45) is 28.6 Å². The van der Waals surface area contributed by atoms with E-state index >= 15 is 4.39 Å². The standard InChI is InChI=1S/C23H31FO4/c1-13(25)23(28-14(2)26)10-7-18-16-12-20(24)19-11-15(27)5-8-21(19,3)17(16)6-9-22(18,23)4/h11,16-18,20H,5-10,12H2,1-4H3/t16-,17-,18-,20+,21-,22+,23+/m1/s1. The van der Waals surface area contributed by atoms with Crippen molar-refractivity contribution >= 4 is 17.5 Å². The van der Waals surface area contributed by atoms with Crippen LogP contribution in [0.4, 0.5) is 4.39 Å². The first-order valence-corrected chi connectivity index (χ1v) is 10.6. The van der Waals surface area contributed by atoms with Crippen molar-refractivity contribution in [2.45, 2.75) is 84.4 Å². The molecule has 28 heavy (non-hydrogen) atoms. The predicted octanol–water partition coefficient (Wildman–Crippen LogP) is 4.36. The first kappa shape index (κ1) is 19.8. The van der Waals surface area contributed by atoms with Crippen LogP contribution in [0.2, 0.25) is 0 Å². The minimum Gasteiger partial charge on any atom is -0.451 e. The number of esters is 1. The van der Waals surface area contributed by atoms with Gasteiger partial charge in [-0.05, 0) is 80.3 Å². The Kier molecular flexibility index (Phi) is 4.41. The molecule has 3 fully saturated rings. The molecule has 0 bridgehead atoms. The third-order valence-corrected chi connectivity index (χ3v) is 8.94. The molecule has 0 aliphatic heterocycles. The van der Waals surface area contributed by atoms with E-state index in [0.717, 1.165) is 19.3 Å². The summed E-state index contributed by atoms with van der Waals surface area (Å²) in [5, 5.41) is 0. The Hall–Kier alpha value is -1.52. The summed E-state index contributed by atoms with van der Waals surface area (Å²) >= 11 is 0. The van der Waals surface area contributed by atoms with E-state index in [1.54, 1.807) is 6.08 Å². The number of rotatable bonds is 2. The Morgan fingerprint density at radius 2 is 1.79 bits per heavy atom. The van der Waals surface area contributed by atoms with Gasteiger partial charge in [-0.25, -0.2) is 4.39 Å². The van der Waals surface area contributed by atoms with Gasteiger partial charge in [-0.1, -0.05) is 13.8 Å². The van der Waals surface area contributed by atoms with Gasteiger partial charge < -0.3 is 4.74 Å². The molecule has 0 aromatic rings. The van der Waals surface area contributed by atoms with Crippen LogP contribution in [-0.4, -0.2) is 29.3 Å². The minimum atomic E-state index is -1.10. The van der Waals surface area contributed by atoms with E-state index in [4.69, 9.17) is 4.74 Å². The van der Waals surface area contributed by atoms with E-state index in [9.17, 15) is 14.4 Å². The molecule has 4 nitrogen and oxygen atoms in total. The molecule has 3 saturated carbocycles. The van der Waals surface area contributed by atoms with E-state index in [1.165, 1.54) is 13.8 Å². The molecule has 154 valence electrons. The minimum absolute atomic E-state index is 0.0422. The molecule has 4 aliphatic carbocycles. The molecular weight excluding hydrogens is 359 g/mol. The summed E-state index contributed by atoms with van der Waals surface area (Å²) < 4.78 is 21.0. The molecule has 0 N–H and O–H groups in total. The van der Waals surface area contributed by atoms with Gasteiger partial charge in [-0.3, -0.25) is 14.4 Å². The third kappa shape index (κ3) is 2.43. The number of alkyl halides is 1. The largest absolute Gasteiger partial charge is 0.451 e. The number of ether oxygens (including phenoxy) is 1. The second-order valence-electron chi connectivity index (χ2n) is 10.0. The fourth-order valence-corrected chi connectivity index (χ4v) is 7.62. The van der Waals surface area contributed by atoms with E-state index in [1.807, 2.05) is 0 Å². The van der Waals surface area contributed by atoms with Crippen LogP contribution in [0.1, 0.15) is 72.6 Å². The van der Waals surface area contributed by atoms with E-state index in [-0.39, 0.29) is 28.8 Å². The number of carbonyl (C=O) groups excluding carboxylic acids is 3. The highest BCUT2D eigenvalue weighted by molar-refractivity contribution is 5.92. The quantitative estimate of drug-likeness (QED) is 0.658. The van der Waals surface area contributed by atoms with Gasteiger partial charge in [0.05, 0.1) is 0 Å². The van der Waals surface area contributed by atoms with Gasteiger partial charge in [0.15, 0.2) is 17.2 Å². The van der Waals surface area contributed by atoms with Crippen molar-refractivity contribution in [1.29, 1.82) is 0 Å². The van der Waals surface area contributed by atoms with Crippen LogP contribution < -0.4 is 0 Å². The lowest BCUT2D eigenvalue weighted by Crippen LogP contribution is -2.59. The first-order valence-electron chi connectivity index (χ1n) is 10.6. The number of hydrogen-bond acceptors (Lipinski definition) is 4. The van der Waals surface area contributed by atoms with Crippen LogP contribution >= 0.6 is 0 Å². The third-order valence-electron chi connectivity index (χ3n) is 8.94. The fourth-order valence-electron chi connectivity index (χ4n) is 7.62. The number of allylic oxidation sites excluding steroid dienone is 1. The SMILES string of the molecule is CC(=O)O[C@]1(C(C)=O)CC[C@@H]2[C@@H]3C[C@H](F)C4=CC(=O)CC[C@]4(C)[C@@H]3CC[C@@]21C. The smallest absolute Gasteiger partial charge is 0.303 e. The van der Waals surface area contributed by atoms with Crippen LogP contribution in [0.5, 0.6) is 0 Å². The average Bonchev–Trinajstić information content (AvgIpc) is 2.90. The summed E-state index contributed by atoms with van der Waals surface area (Å²) in [5.41, 5.74) is -1.11. The number of hydrogen-bond donors (Lipinski definition) is 0. The molecule has 0 unspecified atom stereocenters. The number of fused-ring (bicyclic) bond motifs is 5. The molecule has 0 heterocycles. The Morgan fingerprint density at radius 3 is 2.43 bits per heavy atom. The van der Waals surface area contributed by atoms with Gasteiger partial charge in [0.25, 0.3) is 0 Å². The van der Waals surface area contributed by atoms with Crippen molar-refractivity contribution in [1.82, 2.24) is 0 Å². The molecule has 0 aromatic heterocycles. The maximum atomic E-state index is 15.3. The van der Waals surface area contributed by atoms with Gasteiger partial charge in [0.1, 0.15) is 6.17 Å². The fraction of sp³-hybridized carbons (Fsp3) is 0.783. The lowest BCUT2D eigenvalue weighted by Gasteiger charge is -2.59. The summed E-state index contributed by atoms with van der Waals surface area (Å²) in [5.74, 6) is 0.158. The topological polar surface area (TPSA) is 60.4 Å². The Morgan fingerprint density at radius 1 is 1.11 bits per heavy atom. The molecule has 0 spiro atoms. The summed E-state index contributed by atoms with van der Waals surface area (Å²) in [6.07, 6.45) is 5.07. The summed E-state index contributed by atoms with van der Waals surface area (Å²) in [6.45, 7) is 7.10. The van der Waals surface area contributed by atoms with Crippen LogP contribution in [0.25, 0.3) is 0 Å². The van der Waals surface area contributed by atoms with E-state index < -0.39 is 23.2 Å². The van der Waals surface area contributed by atoms with Crippen LogP contribution in [0.3, 0.4) is 0 Å².